The Bertz CT molecular complexity index is 618. The first-order chi connectivity index (χ1) is 10.7. The largest absolute Gasteiger partial charge is 1.00 e. The smallest absolute Gasteiger partial charge is 0.791 e. The number of hydrogen-bond acceptors (Lipinski definition) is 4. The Kier molecular flexibility index (Phi) is 14.0. The molecule has 0 spiro atoms. The zero-order chi connectivity index (χ0) is 15.9. The van der Waals surface area contributed by atoms with Crippen LogP contribution in [0.1, 0.15) is 21.6 Å². The number of aryl methyl sites for hydroxylation is 1. The van der Waals surface area contributed by atoms with Gasteiger partial charge in [-0.2, -0.15) is 11.5 Å². The number of thiophene rings is 1. The first kappa shape index (κ1) is 25.2. The summed E-state index contributed by atoms with van der Waals surface area (Å²) >= 11 is 12.0. The van der Waals surface area contributed by atoms with Gasteiger partial charge in [0.05, 0.1) is 0 Å². The third-order valence-corrected chi connectivity index (χ3v) is 5.26. The van der Waals surface area contributed by atoms with E-state index in [0.29, 0.717) is 0 Å². The molecule has 0 N–H and O–H groups in total. The van der Waals surface area contributed by atoms with E-state index in [-0.39, 0.29) is 59.1 Å². The molecule has 0 amide bonds. The van der Waals surface area contributed by atoms with Crippen LogP contribution in [0.25, 0.3) is 12.2 Å². The van der Waals surface area contributed by atoms with Gasteiger partial charge in [-0.25, -0.2) is 0 Å². The summed E-state index contributed by atoms with van der Waals surface area (Å²) in [6.07, 6.45) is 4.37. The zero-order valence-electron chi connectivity index (χ0n) is 15.0. The number of rotatable bonds is 7. The van der Waals surface area contributed by atoms with Crippen molar-refractivity contribution in [1.82, 2.24) is 0 Å². The molecule has 24 heavy (non-hydrogen) atoms. The molecule has 2 rings (SSSR count). The molecule has 1 nitrogen and oxygen atoms in total. The quantitative estimate of drug-likeness (QED) is 0.414. The third kappa shape index (κ3) is 7.42. The summed E-state index contributed by atoms with van der Waals surface area (Å²) in [5, 5.41) is 2.21. The van der Waals surface area contributed by atoms with Gasteiger partial charge in [0.25, 0.3) is 0 Å². The van der Waals surface area contributed by atoms with Crippen molar-refractivity contribution < 1.29 is 59.1 Å². The normalized spacial score (nSPS) is 10.3. The van der Waals surface area contributed by atoms with Crippen LogP contribution in [0.3, 0.4) is 0 Å². The topological polar surface area (TPSA) is 3.24 Å². The van der Waals surface area contributed by atoms with Crippen molar-refractivity contribution in [3.63, 3.8) is 0 Å². The first-order valence-corrected chi connectivity index (χ1v) is 9.43. The summed E-state index contributed by atoms with van der Waals surface area (Å²) in [6.45, 7) is 6.10. The molecule has 1 aromatic heterocycles. The van der Waals surface area contributed by atoms with Gasteiger partial charge < -0.3 is 30.2 Å². The maximum absolute atomic E-state index is 5.09. The van der Waals surface area contributed by atoms with Crippen molar-refractivity contribution in [3.05, 3.63) is 51.2 Å². The van der Waals surface area contributed by atoms with Crippen LogP contribution < -0.4 is 64.0 Å². The summed E-state index contributed by atoms with van der Waals surface area (Å²) in [5.41, 5.74) is 5.16. The molecule has 0 radical (unpaired) electrons. The van der Waals surface area contributed by atoms with E-state index in [2.05, 4.69) is 60.5 Å². The fourth-order valence-corrected chi connectivity index (χ4v) is 3.65. The molecule has 0 aliphatic carbocycles. The van der Waals surface area contributed by atoms with E-state index in [0.717, 1.165) is 24.6 Å². The molecular weight excluding hydrogens is 372 g/mol. The van der Waals surface area contributed by atoms with E-state index in [9.17, 15) is 0 Å². The fourth-order valence-electron chi connectivity index (χ4n) is 2.25. The Balaban J connectivity index is 0.00000264. The number of nitrogens with zero attached hydrogens (tertiary/aromatic N) is 1. The number of hydrogen-bond donors (Lipinski definition) is 0. The van der Waals surface area contributed by atoms with Crippen LogP contribution >= 0.6 is 11.3 Å². The Hall–Kier alpha value is 1.16. The monoisotopic (exact) mass is 393 g/mol. The van der Waals surface area contributed by atoms with Crippen LogP contribution in [-0.2, 0) is 25.3 Å². The van der Waals surface area contributed by atoms with Crippen LogP contribution in [0.2, 0.25) is 0 Å². The molecule has 1 aromatic carbocycles. The van der Waals surface area contributed by atoms with Crippen LogP contribution in [0.15, 0.2) is 29.6 Å². The van der Waals surface area contributed by atoms with Crippen molar-refractivity contribution in [1.29, 1.82) is 0 Å². The SMILES string of the molecule is Cc1csc(/C=C/c2ccc(N(CC[S-])CC[S-])cc2)c1C.[Na+].[Na+]. The van der Waals surface area contributed by atoms with E-state index < -0.39 is 0 Å². The predicted octanol–water partition coefficient (Wildman–Crippen LogP) is -1.56. The van der Waals surface area contributed by atoms with Gasteiger partial charge in [-0.1, -0.05) is 18.2 Å². The maximum atomic E-state index is 5.09. The van der Waals surface area contributed by atoms with E-state index in [1.807, 2.05) is 0 Å². The number of benzene rings is 1. The molecule has 0 fully saturated rings. The van der Waals surface area contributed by atoms with Gasteiger partial charge in [0.1, 0.15) is 0 Å². The van der Waals surface area contributed by atoms with E-state index in [4.69, 9.17) is 25.3 Å². The molecule has 0 aliphatic rings. The summed E-state index contributed by atoms with van der Waals surface area (Å²) in [4.78, 5) is 3.60. The van der Waals surface area contributed by atoms with Gasteiger partial charge >= 0.3 is 59.1 Å². The van der Waals surface area contributed by atoms with Crippen molar-refractivity contribution in [2.24, 2.45) is 0 Å². The molecule has 0 aliphatic heterocycles. The first-order valence-electron chi connectivity index (χ1n) is 7.39. The van der Waals surface area contributed by atoms with Crippen LogP contribution in [0.4, 0.5) is 5.69 Å². The Labute approximate surface area is 205 Å². The Morgan fingerprint density at radius 2 is 1.54 bits per heavy atom. The van der Waals surface area contributed by atoms with Crippen molar-refractivity contribution >= 4 is 54.4 Å². The summed E-state index contributed by atoms with van der Waals surface area (Å²) < 4.78 is 0. The Morgan fingerprint density at radius 1 is 0.958 bits per heavy atom. The molecule has 2 aromatic rings. The van der Waals surface area contributed by atoms with Gasteiger partial charge in [0.2, 0.25) is 0 Å². The third-order valence-electron chi connectivity index (χ3n) is 3.73. The van der Waals surface area contributed by atoms with E-state index in [1.54, 1.807) is 11.3 Å². The molecule has 6 heteroatoms. The maximum Gasteiger partial charge on any atom is 1.00 e. The van der Waals surface area contributed by atoms with Crippen LogP contribution in [-0.4, -0.2) is 24.6 Å². The second kappa shape index (κ2) is 13.3. The van der Waals surface area contributed by atoms with E-state index in [1.165, 1.54) is 27.3 Å². The second-order valence-electron chi connectivity index (χ2n) is 5.23. The standard InChI is InChI=1S/C18H23NS3.2Na/c1-14-13-22-18(15(14)2)8-5-16-3-6-17(7-4-16)19(9-11-20)10-12-21;;/h3-8,13,20-21H,9-12H2,1-2H3;;/q;2*+1/p-2/b8-5+;;. The average Bonchev–Trinajstić information content (AvgIpc) is 2.85. The predicted molar refractivity (Wildman–Crippen MR) is 106 cm³/mol. The van der Waals surface area contributed by atoms with Gasteiger partial charge in [-0.05, 0) is 67.2 Å². The summed E-state index contributed by atoms with van der Waals surface area (Å²) in [5.74, 6) is 1.46. The molecule has 0 bridgehead atoms. The number of anilines is 1. The summed E-state index contributed by atoms with van der Waals surface area (Å²) in [6, 6.07) is 8.62. The van der Waals surface area contributed by atoms with Gasteiger partial charge in [-0.15, -0.1) is 11.3 Å². The molecule has 0 saturated carbocycles. The molecule has 1 heterocycles. The molecule has 0 unspecified atom stereocenters. The second-order valence-corrected chi connectivity index (χ2v) is 6.96. The Morgan fingerprint density at radius 3 is 2.00 bits per heavy atom. The minimum atomic E-state index is 0. The van der Waals surface area contributed by atoms with Crippen molar-refractivity contribution in [2.45, 2.75) is 13.8 Å². The van der Waals surface area contributed by atoms with Gasteiger partial charge in [0.15, 0.2) is 0 Å². The van der Waals surface area contributed by atoms with Crippen molar-refractivity contribution in [3.8, 4) is 0 Å². The van der Waals surface area contributed by atoms with Crippen LogP contribution in [0, 0.1) is 13.8 Å². The van der Waals surface area contributed by atoms with Gasteiger partial charge in [0, 0.05) is 10.6 Å². The van der Waals surface area contributed by atoms with Crippen molar-refractivity contribution in [2.75, 3.05) is 29.5 Å². The minimum absolute atomic E-state index is 0. The van der Waals surface area contributed by atoms with Gasteiger partial charge in [-0.3, -0.25) is 0 Å². The molecule has 0 atom stereocenters. The fraction of sp³-hybridized carbons (Fsp3) is 0.333. The molecule has 0 saturated heterocycles. The summed E-state index contributed by atoms with van der Waals surface area (Å²) in [7, 11) is 0. The average molecular weight is 394 g/mol. The zero-order valence-corrected chi connectivity index (χ0v) is 21.5. The molecular formula is C18H21NNa2S3. The minimum Gasteiger partial charge on any atom is -0.791 e. The van der Waals surface area contributed by atoms with Crippen LogP contribution in [0.5, 0.6) is 0 Å². The molecule has 118 valence electrons. The van der Waals surface area contributed by atoms with E-state index >= 15 is 0 Å².